The maximum atomic E-state index is 13.5. The molecule has 1 fully saturated rings. The van der Waals surface area contributed by atoms with Gasteiger partial charge in [-0.1, -0.05) is 6.07 Å². The summed E-state index contributed by atoms with van der Waals surface area (Å²) in [4.78, 5) is 4.71. The molecule has 1 heterocycles. The van der Waals surface area contributed by atoms with Crippen molar-refractivity contribution in [3.63, 3.8) is 0 Å². The molecule has 0 aliphatic carbocycles. The van der Waals surface area contributed by atoms with Gasteiger partial charge >= 0.3 is 7.12 Å². The molecule has 0 unspecified atom stereocenters. The summed E-state index contributed by atoms with van der Waals surface area (Å²) >= 11 is 0. The monoisotopic (exact) mass is 294 g/mol. The van der Waals surface area contributed by atoms with Gasteiger partial charge in [0.05, 0.1) is 0 Å². The molecule has 0 bridgehead atoms. The van der Waals surface area contributed by atoms with Gasteiger partial charge < -0.3 is 10.0 Å². The van der Waals surface area contributed by atoms with Crippen LogP contribution in [0.5, 0.6) is 0 Å². The number of nitrogens with zero attached hydrogens (tertiary/aromatic N) is 2. The Morgan fingerprint density at radius 2 is 1.71 bits per heavy atom. The normalized spacial score (nSPS) is 18.0. The number of rotatable bonds is 3. The predicted octanol–water partition coefficient (Wildman–Crippen LogP) is 0.422. The van der Waals surface area contributed by atoms with Gasteiger partial charge in [-0.05, 0) is 43.9 Å². The zero-order valence-electron chi connectivity index (χ0n) is 13.0. The second-order valence-electron chi connectivity index (χ2n) is 6.70. The Morgan fingerprint density at radius 1 is 1.10 bits per heavy atom. The highest BCUT2D eigenvalue weighted by Crippen LogP contribution is 2.17. The molecule has 6 heteroatoms. The van der Waals surface area contributed by atoms with Crippen LogP contribution in [0.4, 0.5) is 4.39 Å². The molecule has 2 rings (SSSR count). The molecule has 0 atom stereocenters. The topological polar surface area (TPSA) is 46.9 Å². The zero-order chi connectivity index (χ0) is 15.6. The average molecular weight is 294 g/mol. The van der Waals surface area contributed by atoms with Crippen LogP contribution in [0.1, 0.15) is 26.3 Å². The van der Waals surface area contributed by atoms with Gasteiger partial charge in [-0.15, -0.1) is 0 Å². The van der Waals surface area contributed by atoms with Crippen molar-refractivity contribution < 1.29 is 14.4 Å². The van der Waals surface area contributed by atoms with Crippen LogP contribution in [0.25, 0.3) is 0 Å². The molecule has 1 aromatic rings. The van der Waals surface area contributed by atoms with Crippen molar-refractivity contribution in [2.75, 3.05) is 26.2 Å². The molecule has 116 valence electrons. The average Bonchev–Trinajstić information content (AvgIpc) is 2.37. The van der Waals surface area contributed by atoms with Gasteiger partial charge in [0, 0.05) is 38.3 Å². The van der Waals surface area contributed by atoms with Gasteiger partial charge in [0.25, 0.3) is 0 Å². The van der Waals surface area contributed by atoms with Crippen molar-refractivity contribution in [3.8, 4) is 0 Å². The van der Waals surface area contributed by atoms with Crippen LogP contribution in [-0.2, 0) is 6.54 Å². The van der Waals surface area contributed by atoms with Gasteiger partial charge in [-0.3, -0.25) is 9.80 Å². The van der Waals surface area contributed by atoms with Crippen LogP contribution < -0.4 is 5.46 Å². The van der Waals surface area contributed by atoms with E-state index in [4.69, 9.17) is 0 Å². The molecule has 4 nitrogen and oxygen atoms in total. The minimum absolute atomic E-state index is 0.180. The summed E-state index contributed by atoms with van der Waals surface area (Å²) in [5.41, 5.74) is 1.17. The number of hydrogen-bond donors (Lipinski definition) is 2. The molecule has 1 aliphatic rings. The van der Waals surface area contributed by atoms with E-state index in [1.54, 1.807) is 6.07 Å². The minimum atomic E-state index is -1.63. The van der Waals surface area contributed by atoms with Gasteiger partial charge in [-0.2, -0.15) is 0 Å². The molecule has 0 aromatic heterocycles. The van der Waals surface area contributed by atoms with Crippen molar-refractivity contribution in [3.05, 3.63) is 29.6 Å². The van der Waals surface area contributed by atoms with Crippen molar-refractivity contribution in [2.45, 2.75) is 32.9 Å². The SMILES string of the molecule is CC(C)(C)N1CCN(Cc2cc(F)cc(B(O)O)c2)CC1. The fraction of sp³-hybridized carbons (Fsp3) is 0.600. The Morgan fingerprint density at radius 3 is 2.24 bits per heavy atom. The second-order valence-corrected chi connectivity index (χ2v) is 6.70. The Hall–Kier alpha value is -0.945. The molecule has 0 amide bonds. The Labute approximate surface area is 126 Å². The van der Waals surface area contributed by atoms with Gasteiger partial charge in [-0.25, -0.2) is 4.39 Å². The highest BCUT2D eigenvalue weighted by Gasteiger charge is 2.25. The van der Waals surface area contributed by atoms with Crippen molar-refractivity contribution in [1.29, 1.82) is 0 Å². The summed E-state index contributed by atoms with van der Waals surface area (Å²) < 4.78 is 13.5. The third-order valence-electron chi connectivity index (χ3n) is 4.01. The maximum absolute atomic E-state index is 13.5. The van der Waals surface area contributed by atoms with E-state index in [1.807, 2.05) is 0 Å². The summed E-state index contributed by atoms with van der Waals surface area (Å²) in [5, 5.41) is 18.3. The van der Waals surface area contributed by atoms with Gasteiger partial charge in [0.2, 0.25) is 0 Å². The summed E-state index contributed by atoms with van der Waals surface area (Å²) in [6.07, 6.45) is 0. The quantitative estimate of drug-likeness (QED) is 0.793. The first-order valence-corrected chi connectivity index (χ1v) is 7.38. The van der Waals surface area contributed by atoms with E-state index >= 15 is 0 Å². The standard InChI is InChI=1S/C15H24BFN2O2/c1-15(2,3)19-6-4-18(5-7-19)11-12-8-13(16(20)21)10-14(17)9-12/h8-10,20-21H,4-7,11H2,1-3H3. The lowest BCUT2D eigenvalue weighted by Gasteiger charge is -2.42. The lowest BCUT2D eigenvalue weighted by Crippen LogP contribution is -2.53. The Balaban J connectivity index is 1.98. The Kier molecular flexibility index (Phi) is 5.04. The molecule has 21 heavy (non-hydrogen) atoms. The highest BCUT2D eigenvalue weighted by atomic mass is 19.1. The first-order chi connectivity index (χ1) is 9.75. The summed E-state index contributed by atoms with van der Waals surface area (Å²) in [6, 6.07) is 4.28. The Bertz CT molecular complexity index is 483. The molecule has 1 saturated heterocycles. The number of benzene rings is 1. The van der Waals surface area contributed by atoms with Crippen molar-refractivity contribution >= 4 is 12.6 Å². The second kappa shape index (κ2) is 6.44. The fourth-order valence-corrected chi connectivity index (χ4v) is 2.75. The lowest BCUT2D eigenvalue weighted by molar-refractivity contribution is 0.0591. The number of halogens is 1. The smallest absolute Gasteiger partial charge is 0.423 e. The van der Waals surface area contributed by atoms with E-state index in [9.17, 15) is 14.4 Å². The molecule has 0 radical (unpaired) electrons. The number of hydrogen-bond acceptors (Lipinski definition) is 4. The van der Waals surface area contributed by atoms with Crippen molar-refractivity contribution in [2.24, 2.45) is 0 Å². The molecular formula is C15H24BFN2O2. The zero-order valence-corrected chi connectivity index (χ0v) is 13.0. The highest BCUT2D eigenvalue weighted by molar-refractivity contribution is 6.58. The van der Waals surface area contributed by atoms with E-state index in [-0.39, 0.29) is 11.0 Å². The van der Waals surface area contributed by atoms with Crippen LogP contribution in [-0.4, -0.2) is 58.7 Å². The minimum Gasteiger partial charge on any atom is -0.423 e. The van der Waals surface area contributed by atoms with E-state index in [0.29, 0.717) is 6.54 Å². The summed E-state index contributed by atoms with van der Waals surface area (Å²) in [6.45, 7) is 11.1. The van der Waals surface area contributed by atoms with Crippen molar-refractivity contribution in [1.82, 2.24) is 9.80 Å². The largest absolute Gasteiger partial charge is 0.488 e. The molecule has 1 aromatic carbocycles. The number of piperazine rings is 1. The molecule has 0 spiro atoms. The summed E-state index contributed by atoms with van der Waals surface area (Å²) in [7, 11) is -1.63. The third-order valence-corrected chi connectivity index (χ3v) is 4.01. The first-order valence-electron chi connectivity index (χ1n) is 7.38. The van der Waals surface area contributed by atoms with E-state index in [2.05, 4.69) is 30.6 Å². The molecule has 1 aliphatic heterocycles. The van der Waals surface area contributed by atoms with Crippen LogP contribution in [0.2, 0.25) is 0 Å². The van der Waals surface area contributed by atoms with E-state index in [0.717, 1.165) is 37.8 Å². The maximum Gasteiger partial charge on any atom is 0.488 e. The van der Waals surface area contributed by atoms with Crippen LogP contribution in [0.15, 0.2) is 18.2 Å². The van der Waals surface area contributed by atoms with E-state index < -0.39 is 12.9 Å². The van der Waals surface area contributed by atoms with Gasteiger partial charge in [0.1, 0.15) is 5.82 Å². The van der Waals surface area contributed by atoms with Crippen LogP contribution >= 0.6 is 0 Å². The van der Waals surface area contributed by atoms with Crippen LogP contribution in [0, 0.1) is 5.82 Å². The first kappa shape index (κ1) is 16.4. The van der Waals surface area contributed by atoms with Gasteiger partial charge in [0.15, 0.2) is 0 Å². The third kappa shape index (κ3) is 4.51. The molecule has 0 saturated carbocycles. The van der Waals surface area contributed by atoms with Crippen LogP contribution in [0.3, 0.4) is 0 Å². The van der Waals surface area contributed by atoms with E-state index in [1.165, 1.54) is 6.07 Å². The predicted molar refractivity (Wildman–Crippen MR) is 82.8 cm³/mol. The summed E-state index contributed by atoms with van der Waals surface area (Å²) in [5.74, 6) is -0.427. The lowest BCUT2D eigenvalue weighted by atomic mass is 9.79. The molecule has 2 N–H and O–H groups in total. The molecular weight excluding hydrogens is 270 g/mol. The fourth-order valence-electron chi connectivity index (χ4n) is 2.75.